The summed E-state index contributed by atoms with van der Waals surface area (Å²) >= 11 is 0. The van der Waals surface area contributed by atoms with Gasteiger partial charge in [0.05, 0.1) is 13.7 Å². The molecule has 16 heavy (non-hydrogen) atoms. The van der Waals surface area contributed by atoms with Crippen molar-refractivity contribution in [3.8, 4) is 0 Å². The van der Waals surface area contributed by atoms with E-state index >= 15 is 0 Å². The summed E-state index contributed by atoms with van der Waals surface area (Å²) in [5.41, 5.74) is 0.620. The number of carbonyl (C=O) groups excluding carboxylic acids is 1. The van der Waals surface area contributed by atoms with E-state index in [9.17, 15) is 4.79 Å². The molecule has 0 heterocycles. The Morgan fingerprint density at radius 1 is 1.38 bits per heavy atom. The summed E-state index contributed by atoms with van der Waals surface area (Å²) in [7, 11) is 3.07. The van der Waals surface area contributed by atoms with Crippen LogP contribution in [0.5, 0.6) is 0 Å². The molecule has 4 nitrogen and oxygen atoms in total. The average molecular weight is 229 g/mol. The fourth-order valence-electron chi connectivity index (χ4n) is 1.27. The Hall–Kier alpha value is -0.870. The maximum atomic E-state index is 11.1. The molecule has 0 aliphatic rings. The van der Waals surface area contributed by atoms with Crippen molar-refractivity contribution >= 4 is 5.97 Å². The molecule has 0 saturated carbocycles. The minimum atomic E-state index is -0.283. The first-order chi connectivity index (χ1) is 7.52. The third-order valence-electron chi connectivity index (χ3n) is 2.45. The molecule has 94 valence electrons. The van der Waals surface area contributed by atoms with E-state index in [0.717, 1.165) is 0 Å². The van der Waals surface area contributed by atoms with E-state index in [2.05, 4.69) is 23.9 Å². The van der Waals surface area contributed by atoms with E-state index in [-0.39, 0.29) is 5.97 Å². The molecule has 0 fully saturated rings. The van der Waals surface area contributed by atoms with Gasteiger partial charge in [-0.25, -0.2) is 4.79 Å². The molecule has 4 heteroatoms. The Balaban J connectivity index is 4.06. The molecule has 0 amide bonds. The highest BCUT2D eigenvalue weighted by Crippen LogP contribution is 2.02. The van der Waals surface area contributed by atoms with Crippen LogP contribution in [0.15, 0.2) is 11.6 Å². The van der Waals surface area contributed by atoms with Crippen LogP contribution < -0.4 is 5.32 Å². The van der Waals surface area contributed by atoms with Crippen molar-refractivity contribution in [3.05, 3.63) is 11.6 Å². The van der Waals surface area contributed by atoms with Gasteiger partial charge < -0.3 is 14.8 Å². The molecular weight excluding hydrogens is 206 g/mol. The second-order valence-electron chi connectivity index (χ2n) is 4.09. The van der Waals surface area contributed by atoms with Crippen molar-refractivity contribution in [2.75, 3.05) is 27.4 Å². The SMILES string of the molecule is COCC(NC/C=C(/C)C(=O)OC)C(C)C. The normalized spacial score (nSPS) is 14.0. The number of methoxy groups -OCH3 is 2. The smallest absolute Gasteiger partial charge is 0.333 e. The Morgan fingerprint density at radius 2 is 2.00 bits per heavy atom. The van der Waals surface area contributed by atoms with E-state index in [1.165, 1.54) is 7.11 Å². The molecule has 1 N–H and O–H groups in total. The van der Waals surface area contributed by atoms with E-state index < -0.39 is 0 Å². The van der Waals surface area contributed by atoms with Crippen LogP contribution >= 0.6 is 0 Å². The van der Waals surface area contributed by atoms with Crippen LogP contribution in [-0.4, -0.2) is 39.4 Å². The van der Waals surface area contributed by atoms with Gasteiger partial charge in [-0.1, -0.05) is 19.9 Å². The molecule has 0 aromatic rings. The number of nitrogens with one attached hydrogen (secondary N) is 1. The average Bonchev–Trinajstić information content (AvgIpc) is 2.26. The number of hydrogen-bond donors (Lipinski definition) is 1. The molecule has 0 bridgehead atoms. The van der Waals surface area contributed by atoms with Crippen molar-refractivity contribution in [2.24, 2.45) is 5.92 Å². The van der Waals surface area contributed by atoms with Gasteiger partial charge in [-0.2, -0.15) is 0 Å². The molecule has 0 spiro atoms. The van der Waals surface area contributed by atoms with E-state index in [0.29, 0.717) is 30.7 Å². The molecular formula is C12H23NO3. The summed E-state index contributed by atoms with van der Waals surface area (Å²) < 4.78 is 9.72. The first kappa shape index (κ1) is 15.1. The largest absolute Gasteiger partial charge is 0.466 e. The molecule has 1 unspecified atom stereocenters. The maximum Gasteiger partial charge on any atom is 0.333 e. The van der Waals surface area contributed by atoms with Crippen LogP contribution in [0.25, 0.3) is 0 Å². The van der Waals surface area contributed by atoms with E-state index in [1.54, 1.807) is 14.0 Å². The lowest BCUT2D eigenvalue weighted by Gasteiger charge is -2.20. The van der Waals surface area contributed by atoms with Crippen molar-refractivity contribution in [3.63, 3.8) is 0 Å². The maximum absolute atomic E-state index is 11.1. The van der Waals surface area contributed by atoms with Gasteiger partial charge in [-0.3, -0.25) is 0 Å². The van der Waals surface area contributed by atoms with Crippen LogP contribution in [0, 0.1) is 5.92 Å². The Kier molecular flexibility index (Phi) is 7.85. The van der Waals surface area contributed by atoms with Gasteiger partial charge in [0.15, 0.2) is 0 Å². The first-order valence-corrected chi connectivity index (χ1v) is 5.50. The van der Waals surface area contributed by atoms with Crippen LogP contribution in [0.2, 0.25) is 0 Å². The number of hydrogen-bond acceptors (Lipinski definition) is 4. The molecule has 0 saturated heterocycles. The van der Waals surface area contributed by atoms with Crippen molar-refractivity contribution in [1.82, 2.24) is 5.32 Å². The number of rotatable bonds is 7. The van der Waals surface area contributed by atoms with Gasteiger partial charge in [0.25, 0.3) is 0 Å². The minimum Gasteiger partial charge on any atom is -0.466 e. The predicted octanol–water partition coefficient (Wildman–Crippen LogP) is 1.37. The topological polar surface area (TPSA) is 47.6 Å². The zero-order valence-corrected chi connectivity index (χ0v) is 10.9. The Morgan fingerprint density at radius 3 is 2.44 bits per heavy atom. The summed E-state index contributed by atoms with van der Waals surface area (Å²) in [6.45, 7) is 7.32. The molecule has 0 aromatic heterocycles. The fourth-order valence-corrected chi connectivity index (χ4v) is 1.27. The monoisotopic (exact) mass is 229 g/mol. The molecule has 0 radical (unpaired) electrons. The zero-order valence-electron chi connectivity index (χ0n) is 10.9. The lowest BCUT2D eigenvalue weighted by Crippen LogP contribution is -2.37. The summed E-state index contributed by atoms with van der Waals surface area (Å²) in [5, 5.41) is 3.32. The number of carbonyl (C=O) groups is 1. The summed E-state index contributed by atoms with van der Waals surface area (Å²) in [4.78, 5) is 11.1. The van der Waals surface area contributed by atoms with Crippen molar-refractivity contribution < 1.29 is 14.3 Å². The van der Waals surface area contributed by atoms with Gasteiger partial charge in [0.1, 0.15) is 0 Å². The van der Waals surface area contributed by atoms with Crippen LogP contribution in [0.3, 0.4) is 0 Å². The van der Waals surface area contributed by atoms with Gasteiger partial charge in [0, 0.05) is 25.3 Å². The molecule has 0 aromatic carbocycles. The summed E-state index contributed by atoms with van der Waals surface area (Å²) in [5.74, 6) is 0.210. The van der Waals surface area contributed by atoms with Crippen molar-refractivity contribution in [2.45, 2.75) is 26.8 Å². The van der Waals surface area contributed by atoms with E-state index in [1.807, 2.05) is 6.08 Å². The lowest BCUT2D eigenvalue weighted by atomic mass is 10.1. The Labute approximate surface area is 98.0 Å². The standard InChI is InChI=1S/C12H23NO3/c1-9(2)11(8-15-4)13-7-6-10(3)12(14)16-5/h6,9,11,13H,7-8H2,1-5H3/b10-6-. The highest BCUT2D eigenvalue weighted by molar-refractivity contribution is 5.87. The number of esters is 1. The predicted molar refractivity (Wildman–Crippen MR) is 64.3 cm³/mol. The summed E-state index contributed by atoms with van der Waals surface area (Å²) in [6.07, 6.45) is 1.83. The van der Waals surface area contributed by atoms with Crippen LogP contribution in [0.4, 0.5) is 0 Å². The lowest BCUT2D eigenvalue weighted by molar-refractivity contribution is -0.136. The summed E-state index contributed by atoms with van der Waals surface area (Å²) in [6, 6.07) is 0.298. The van der Waals surface area contributed by atoms with Gasteiger partial charge >= 0.3 is 5.97 Å². The molecule has 0 aliphatic carbocycles. The third kappa shape index (κ3) is 5.88. The zero-order chi connectivity index (χ0) is 12.6. The molecule has 1 atom stereocenters. The number of ether oxygens (including phenoxy) is 2. The second-order valence-corrected chi connectivity index (χ2v) is 4.09. The van der Waals surface area contributed by atoms with Gasteiger partial charge in [-0.05, 0) is 12.8 Å². The van der Waals surface area contributed by atoms with Gasteiger partial charge in [-0.15, -0.1) is 0 Å². The highest BCUT2D eigenvalue weighted by atomic mass is 16.5. The quantitative estimate of drug-likeness (QED) is 0.529. The highest BCUT2D eigenvalue weighted by Gasteiger charge is 2.11. The van der Waals surface area contributed by atoms with Gasteiger partial charge in [0.2, 0.25) is 0 Å². The fraction of sp³-hybridized carbons (Fsp3) is 0.750. The minimum absolute atomic E-state index is 0.283. The Bertz CT molecular complexity index is 236. The molecule has 0 rings (SSSR count). The van der Waals surface area contributed by atoms with Crippen LogP contribution in [-0.2, 0) is 14.3 Å². The third-order valence-corrected chi connectivity index (χ3v) is 2.45. The van der Waals surface area contributed by atoms with E-state index in [4.69, 9.17) is 4.74 Å². The second kappa shape index (κ2) is 8.30. The molecule has 0 aliphatic heterocycles. The first-order valence-electron chi connectivity index (χ1n) is 5.50. The van der Waals surface area contributed by atoms with Crippen molar-refractivity contribution in [1.29, 1.82) is 0 Å². The van der Waals surface area contributed by atoms with Crippen LogP contribution in [0.1, 0.15) is 20.8 Å².